The molecule has 0 bridgehead atoms. The number of aromatic carboxylic acids is 1. The SMILES string of the molecule is Cc1oc(-c2cc(Cl)cc(Cl)c2)cc1C(=O)O. The minimum atomic E-state index is -1.02. The molecule has 1 aromatic heterocycles. The third-order valence-corrected chi connectivity index (χ3v) is 2.73. The van der Waals surface area contributed by atoms with Gasteiger partial charge in [0.05, 0.1) is 0 Å². The summed E-state index contributed by atoms with van der Waals surface area (Å²) in [6.07, 6.45) is 0. The van der Waals surface area contributed by atoms with Crippen LogP contribution in [-0.4, -0.2) is 11.1 Å². The number of carbonyl (C=O) groups is 1. The van der Waals surface area contributed by atoms with E-state index in [1.54, 1.807) is 25.1 Å². The molecule has 0 aliphatic carbocycles. The van der Waals surface area contributed by atoms with Crippen LogP contribution in [-0.2, 0) is 0 Å². The van der Waals surface area contributed by atoms with Gasteiger partial charge in [-0.05, 0) is 31.2 Å². The zero-order chi connectivity index (χ0) is 12.6. The fourth-order valence-electron chi connectivity index (χ4n) is 1.53. The standard InChI is InChI=1S/C12H8Cl2O3/c1-6-10(12(15)16)5-11(17-6)7-2-8(13)4-9(14)3-7/h2-5H,1H3,(H,15,16). The molecule has 0 saturated carbocycles. The monoisotopic (exact) mass is 270 g/mol. The highest BCUT2D eigenvalue weighted by Gasteiger charge is 2.15. The maximum Gasteiger partial charge on any atom is 0.339 e. The molecule has 1 heterocycles. The Morgan fingerprint density at radius 1 is 1.18 bits per heavy atom. The van der Waals surface area contributed by atoms with Crippen LogP contribution >= 0.6 is 23.2 Å². The molecule has 0 atom stereocenters. The summed E-state index contributed by atoms with van der Waals surface area (Å²) in [6.45, 7) is 1.60. The lowest BCUT2D eigenvalue weighted by molar-refractivity contribution is 0.0695. The van der Waals surface area contributed by atoms with Crippen molar-refractivity contribution in [1.29, 1.82) is 0 Å². The topological polar surface area (TPSA) is 50.4 Å². The van der Waals surface area contributed by atoms with Crippen LogP contribution in [0.5, 0.6) is 0 Å². The molecule has 17 heavy (non-hydrogen) atoms. The number of carboxylic acid groups (broad SMARTS) is 1. The Labute approximate surface area is 108 Å². The van der Waals surface area contributed by atoms with Crippen molar-refractivity contribution in [2.75, 3.05) is 0 Å². The first-order chi connectivity index (χ1) is 7.97. The fraction of sp³-hybridized carbons (Fsp3) is 0.0833. The van der Waals surface area contributed by atoms with Crippen molar-refractivity contribution in [1.82, 2.24) is 0 Å². The van der Waals surface area contributed by atoms with Gasteiger partial charge < -0.3 is 9.52 Å². The lowest BCUT2D eigenvalue weighted by atomic mass is 10.1. The highest BCUT2D eigenvalue weighted by atomic mass is 35.5. The minimum Gasteiger partial charge on any atom is -0.478 e. The lowest BCUT2D eigenvalue weighted by Crippen LogP contribution is -1.94. The molecular weight excluding hydrogens is 263 g/mol. The first-order valence-electron chi connectivity index (χ1n) is 4.77. The van der Waals surface area contributed by atoms with E-state index in [1.807, 2.05) is 0 Å². The maximum atomic E-state index is 10.9. The van der Waals surface area contributed by atoms with Gasteiger partial charge in [-0.1, -0.05) is 23.2 Å². The quantitative estimate of drug-likeness (QED) is 0.887. The Hall–Kier alpha value is -1.45. The number of furan rings is 1. The van der Waals surface area contributed by atoms with Gasteiger partial charge in [0.1, 0.15) is 17.1 Å². The number of aryl methyl sites for hydroxylation is 1. The van der Waals surface area contributed by atoms with Gasteiger partial charge in [-0.2, -0.15) is 0 Å². The second-order valence-electron chi connectivity index (χ2n) is 3.54. The Balaban J connectivity index is 2.53. The number of hydrogen-bond acceptors (Lipinski definition) is 2. The first kappa shape index (κ1) is 12.0. The van der Waals surface area contributed by atoms with Gasteiger partial charge in [0.15, 0.2) is 0 Å². The summed E-state index contributed by atoms with van der Waals surface area (Å²) in [5, 5.41) is 9.86. The number of carboxylic acids is 1. The summed E-state index contributed by atoms with van der Waals surface area (Å²) in [6, 6.07) is 6.38. The van der Waals surface area contributed by atoms with Crippen LogP contribution in [0.15, 0.2) is 28.7 Å². The van der Waals surface area contributed by atoms with E-state index in [1.165, 1.54) is 6.07 Å². The molecule has 5 heteroatoms. The van der Waals surface area contributed by atoms with Gasteiger partial charge in [0.2, 0.25) is 0 Å². The lowest BCUT2D eigenvalue weighted by Gasteiger charge is -1.99. The Morgan fingerprint density at radius 2 is 1.76 bits per heavy atom. The predicted molar refractivity (Wildman–Crippen MR) is 65.9 cm³/mol. The van der Waals surface area contributed by atoms with Crippen LogP contribution in [0.1, 0.15) is 16.1 Å². The molecule has 0 aliphatic rings. The van der Waals surface area contributed by atoms with E-state index < -0.39 is 5.97 Å². The number of hydrogen-bond donors (Lipinski definition) is 1. The molecule has 1 N–H and O–H groups in total. The number of rotatable bonds is 2. The van der Waals surface area contributed by atoms with E-state index in [4.69, 9.17) is 32.7 Å². The third kappa shape index (κ3) is 2.46. The van der Waals surface area contributed by atoms with Crippen molar-refractivity contribution in [3.63, 3.8) is 0 Å². The molecule has 1 aromatic carbocycles. The second kappa shape index (κ2) is 4.43. The van der Waals surface area contributed by atoms with Crippen molar-refractivity contribution in [2.45, 2.75) is 6.92 Å². The zero-order valence-electron chi connectivity index (χ0n) is 8.83. The van der Waals surface area contributed by atoms with Crippen LogP contribution in [0, 0.1) is 6.92 Å². The average molecular weight is 271 g/mol. The van der Waals surface area contributed by atoms with E-state index in [0.717, 1.165) is 0 Å². The van der Waals surface area contributed by atoms with Gasteiger partial charge in [-0.15, -0.1) is 0 Å². The van der Waals surface area contributed by atoms with Crippen LogP contribution in [0.4, 0.5) is 0 Å². The molecule has 0 aliphatic heterocycles. The van der Waals surface area contributed by atoms with E-state index in [2.05, 4.69) is 0 Å². The molecule has 2 aromatic rings. The molecule has 0 radical (unpaired) electrons. The van der Waals surface area contributed by atoms with Crippen LogP contribution in [0.3, 0.4) is 0 Å². The van der Waals surface area contributed by atoms with Gasteiger partial charge in [-0.25, -0.2) is 4.79 Å². The van der Waals surface area contributed by atoms with Gasteiger partial charge in [0, 0.05) is 15.6 Å². The molecular formula is C12H8Cl2O3. The molecule has 3 nitrogen and oxygen atoms in total. The van der Waals surface area contributed by atoms with Crippen molar-refractivity contribution in [3.8, 4) is 11.3 Å². The number of benzene rings is 1. The van der Waals surface area contributed by atoms with Crippen molar-refractivity contribution in [2.24, 2.45) is 0 Å². The Kier molecular flexibility index (Phi) is 3.13. The van der Waals surface area contributed by atoms with Crippen LogP contribution < -0.4 is 0 Å². The highest BCUT2D eigenvalue weighted by molar-refractivity contribution is 6.35. The van der Waals surface area contributed by atoms with Crippen LogP contribution in [0.25, 0.3) is 11.3 Å². The van der Waals surface area contributed by atoms with Crippen molar-refractivity contribution < 1.29 is 14.3 Å². The summed E-state index contributed by atoms with van der Waals surface area (Å²) in [5.74, 6) is -0.237. The van der Waals surface area contributed by atoms with E-state index in [0.29, 0.717) is 27.1 Å². The molecule has 0 spiro atoms. The van der Waals surface area contributed by atoms with Gasteiger partial charge >= 0.3 is 5.97 Å². The predicted octanol–water partition coefficient (Wildman–Crippen LogP) is 4.26. The maximum absolute atomic E-state index is 10.9. The summed E-state index contributed by atoms with van der Waals surface area (Å²) in [5.41, 5.74) is 0.786. The molecule has 0 fully saturated rings. The van der Waals surface area contributed by atoms with Crippen molar-refractivity contribution >= 4 is 29.2 Å². The normalized spacial score (nSPS) is 10.5. The molecule has 0 saturated heterocycles. The highest BCUT2D eigenvalue weighted by Crippen LogP contribution is 2.30. The summed E-state index contributed by atoms with van der Waals surface area (Å²) < 4.78 is 5.37. The van der Waals surface area contributed by atoms with Crippen molar-refractivity contribution in [3.05, 3.63) is 45.6 Å². The average Bonchev–Trinajstić information content (AvgIpc) is 2.59. The van der Waals surface area contributed by atoms with E-state index >= 15 is 0 Å². The van der Waals surface area contributed by atoms with E-state index in [-0.39, 0.29) is 5.56 Å². The first-order valence-corrected chi connectivity index (χ1v) is 5.53. The Bertz CT molecular complexity index is 567. The Morgan fingerprint density at radius 3 is 2.24 bits per heavy atom. The van der Waals surface area contributed by atoms with Gasteiger partial charge in [-0.3, -0.25) is 0 Å². The molecule has 2 rings (SSSR count). The minimum absolute atomic E-state index is 0.135. The molecule has 0 amide bonds. The summed E-state index contributed by atoms with van der Waals surface area (Å²) in [7, 11) is 0. The van der Waals surface area contributed by atoms with E-state index in [9.17, 15) is 4.79 Å². The van der Waals surface area contributed by atoms with Crippen LogP contribution in [0.2, 0.25) is 10.0 Å². The fourth-order valence-corrected chi connectivity index (χ4v) is 2.06. The summed E-state index contributed by atoms with van der Waals surface area (Å²) >= 11 is 11.7. The largest absolute Gasteiger partial charge is 0.478 e. The molecule has 0 unspecified atom stereocenters. The second-order valence-corrected chi connectivity index (χ2v) is 4.42. The molecule has 88 valence electrons. The smallest absolute Gasteiger partial charge is 0.339 e. The third-order valence-electron chi connectivity index (χ3n) is 2.30. The van der Waals surface area contributed by atoms with Gasteiger partial charge in [0.25, 0.3) is 0 Å². The zero-order valence-corrected chi connectivity index (χ0v) is 10.3. The number of halogens is 2. The summed E-state index contributed by atoms with van der Waals surface area (Å²) in [4.78, 5) is 10.9.